The standard InChI is InChI=1S/C23H27NO3/c1-5-15-12-18-17(13-22(15)26-3)10-11-24-14-19-16(6-8-20(18)24)7-9-21(25-2)23(19)27-4/h5,7,9,12-13,20H,1,6,8,10-11,14H2,2-4H3/t20-/m0/s1. The highest BCUT2D eigenvalue weighted by Crippen LogP contribution is 2.43. The second kappa shape index (κ2) is 7.28. The first-order valence-corrected chi connectivity index (χ1v) is 9.50. The van der Waals surface area contributed by atoms with Crippen molar-refractivity contribution in [2.24, 2.45) is 0 Å². The molecule has 0 N–H and O–H groups in total. The molecule has 0 aromatic heterocycles. The second-order valence-corrected chi connectivity index (χ2v) is 7.21. The maximum atomic E-state index is 5.72. The lowest BCUT2D eigenvalue weighted by Crippen LogP contribution is -2.34. The van der Waals surface area contributed by atoms with E-state index in [0.717, 1.165) is 55.2 Å². The fourth-order valence-electron chi connectivity index (χ4n) is 4.60. The van der Waals surface area contributed by atoms with Crippen molar-refractivity contribution in [1.29, 1.82) is 0 Å². The van der Waals surface area contributed by atoms with E-state index in [1.807, 2.05) is 12.1 Å². The average molecular weight is 365 g/mol. The predicted molar refractivity (Wildman–Crippen MR) is 108 cm³/mol. The van der Waals surface area contributed by atoms with E-state index in [1.54, 1.807) is 21.3 Å². The number of methoxy groups -OCH3 is 3. The maximum Gasteiger partial charge on any atom is 0.165 e. The van der Waals surface area contributed by atoms with E-state index < -0.39 is 0 Å². The SMILES string of the molecule is C=Cc1cc2c(cc1OC)CCN1Cc3c(ccc(OC)c3OC)CC[C@@H]21. The van der Waals surface area contributed by atoms with Crippen LogP contribution in [0.4, 0.5) is 0 Å². The van der Waals surface area contributed by atoms with Crippen molar-refractivity contribution in [3.8, 4) is 17.2 Å². The first-order chi connectivity index (χ1) is 13.2. The highest BCUT2D eigenvalue weighted by molar-refractivity contribution is 5.60. The highest BCUT2D eigenvalue weighted by atomic mass is 16.5. The second-order valence-electron chi connectivity index (χ2n) is 7.21. The topological polar surface area (TPSA) is 30.9 Å². The van der Waals surface area contributed by atoms with Gasteiger partial charge in [0.1, 0.15) is 5.75 Å². The molecule has 0 radical (unpaired) electrons. The molecule has 1 atom stereocenters. The van der Waals surface area contributed by atoms with Gasteiger partial charge in [0.15, 0.2) is 11.5 Å². The average Bonchev–Trinajstić information content (AvgIpc) is 2.91. The molecule has 0 unspecified atom stereocenters. The van der Waals surface area contributed by atoms with Gasteiger partial charge in [0.25, 0.3) is 0 Å². The van der Waals surface area contributed by atoms with Crippen LogP contribution < -0.4 is 14.2 Å². The van der Waals surface area contributed by atoms with Gasteiger partial charge in [0.2, 0.25) is 0 Å². The van der Waals surface area contributed by atoms with Crippen LogP contribution in [0.3, 0.4) is 0 Å². The predicted octanol–water partition coefficient (Wildman–Crippen LogP) is 4.40. The molecule has 0 amide bonds. The van der Waals surface area contributed by atoms with E-state index in [9.17, 15) is 0 Å². The number of rotatable bonds is 4. The summed E-state index contributed by atoms with van der Waals surface area (Å²) in [6.45, 7) is 5.88. The lowest BCUT2D eigenvalue weighted by molar-refractivity contribution is 0.172. The van der Waals surface area contributed by atoms with Gasteiger partial charge in [-0.2, -0.15) is 0 Å². The van der Waals surface area contributed by atoms with E-state index in [-0.39, 0.29) is 0 Å². The van der Waals surface area contributed by atoms with Gasteiger partial charge in [0, 0.05) is 30.3 Å². The minimum atomic E-state index is 0.404. The molecule has 4 heteroatoms. The Morgan fingerprint density at radius 2 is 1.81 bits per heavy atom. The van der Waals surface area contributed by atoms with Gasteiger partial charge < -0.3 is 14.2 Å². The Kier molecular flexibility index (Phi) is 4.83. The largest absolute Gasteiger partial charge is 0.496 e. The van der Waals surface area contributed by atoms with Gasteiger partial charge in [-0.3, -0.25) is 4.90 Å². The number of hydrogen-bond donors (Lipinski definition) is 0. The summed E-state index contributed by atoms with van der Waals surface area (Å²) in [6.07, 6.45) is 5.04. The summed E-state index contributed by atoms with van der Waals surface area (Å²) in [4.78, 5) is 2.58. The number of nitrogens with zero attached hydrogens (tertiary/aromatic N) is 1. The lowest BCUT2D eigenvalue weighted by Gasteiger charge is -2.37. The molecule has 0 saturated carbocycles. The van der Waals surface area contributed by atoms with E-state index in [2.05, 4.69) is 29.7 Å². The van der Waals surface area contributed by atoms with Crippen LogP contribution in [0.25, 0.3) is 6.08 Å². The molecule has 0 spiro atoms. The molecule has 2 heterocycles. The summed E-state index contributed by atoms with van der Waals surface area (Å²) >= 11 is 0. The first-order valence-electron chi connectivity index (χ1n) is 9.50. The molecule has 0 fully saturated rings. The fraction of sp³-hybridized carbons (Fsp3) is 0.391. The van der Waals surface area contributed by atoms with Crippen LogP contribution in [0, 0.1) is 0 Å². The zero-order valence-corrected chi connectivity index (χ0v) is 16.4. The third kappa shape index (κ3) is 2.98. The third-order valence-corrected chi connectivity index (χ3v) is 5.97. The minimum absolute atomic E-state index is 0.404. The normalized spacial score (nSPS) is 18.6. The van der Waals surface area contributed by atoms with Crippen molar-refractivity contribution in [1.82, 2.24) is 4.90 Å². The van der Waals surface area contributed by atoms with Gasteiger partial charge in [-0.25, -0.2) is 0 Å². The van der Waals surface area contributed by atoms with Crippen LogP contribution >= 0.6 is 0 Å². The van der Waals surface area contributed by atoms with Gasteiger partial charge in [-0.15, -0.1) is 0 Å². The van der Waals surface area contributed by atoms with E-state index >= 15 is 0 Å². The van der Waals surface area contributed by atoms with Crippen LogP contribution in [0.2, 0.25) is 0 Å². The van der Waals surface area contributed by atoms with Gasteiger partial charge in [-0.05, 0) is 54.2 Å². The summed E-state index contributed by atoms with van der Waals surface area (Å²) in [5.41, 5.74) is 6.50. The van der Waals surface area contributed by atoms with Crippen LogP contribution in [0.5, 0.6) is 17.2 Å². The fourth-order valence-corrected chi connectivity index (χ4v) is 4.60. The zero-order valence-electron chi connectivity index (χ0n) is 16.4. The van der Waals surface area contributed by atoms with Crippen molar-refractivity contribution < 1.29 is 14.2 Å². The molecule has 142 valence electrons. The number of benzene rings is 2. The molecule has 0 saturated heterocycles. The molecule has 0 bridgehead atoms. The van der Waals surface area contributed by atoms with Crippen molar-refractivity contribution in [3.63, 3.8) is 0 Å². The Morgan fingerprint density at radius 1 is 1.00 bits per heavy atom. The Bertz CT molecular complexity index is 874. The minimum Gasteiger partial charge on any atom is -0.496 e. The Balaban J connectivity index is 1.75. The Labute approximate surface area is 161 Å². The highest BCUT2D eigenvalue weighted by Gasteiger charge is 2.32. The Hall–Kier alpha value is -2.46. The van der Waals surface area contributed by atoms with E-state index in [4.69, 9.17) is 14.2 Å². The monoisotopic (exact) mass is 365 g/mol. The molecule has 27 heavy (non-hydrogen) atoms. The first kappa shape index (κ1) is 17.9. The quantitative estimate of drug-likeness (QED) is 0.803. The molecular weight excluding hydrogens is 338 g/mol. The summed E-state index contributed by atoms with van der Waals surface area (Å²) in [5, 5.41) is 0. The van der Waals surface area contributed by atoms with E-state index in [0.29, 0.717) is 6.04 Å². The van der Waals surface area contributed by atoms with Crippen molar-refractivity contribution >= 4 is 6.08 Å². The molecule has 2 aliphatic rings. The van der Waals surface area contributed by atoms with Crippen LogP contribution in [0.1, 0.15) is 40.3 Å². The summed E-state index contributed by atoms with van der Waals surface area (Å²) in [5.74, 6) is 2.61. The van der Waals surface area contributed by atoms with Gasteiger partial charge in [0.05, 0.1) is 21.3 Å². The van der Waals surface area contributed by atoms with Gasteiger partial charge >= 0.3 is 0 Å². The molecule has 2 aliphatic heterocycles. The van der Waals surface area contributed by atoms with Gasteiger partial charge in [-0.1, -0.05) is 18.7 Å². The van der Waals surface area contributed by atoms with Crippen molar-refractivity contribution in [3.05, 3.63) is 58.7 Å². The molecule has 4 rings (SSSR count). The Morgan fingerprint density at radius 3 is 2.52 bits per heavy atom. The van der Waals surface area contributed by atoms with Crippen molar-refractivity contribution in [2.75, 3.05) is 27.9 Å². The molecule has 2 aromatic rings. The molecular formula is C23H27NO3. The van der Waals surface area contributed by atoms with E-state index in [1.165, 1.54) is 22.3 Å². The van der Waals surface area contributed by atoms with Crippen LogP contribution in [0.15, 0.2) is 30.8 Å². The number of fused-ring (bicyclic) bond motifs is 4. The number of hydrogen-bond acceptors (Lipinski definition) is 4. The lowest BCUT2D eigenvalue weighted by atomic mass is 9.88. The zero-order chi connectivity index (χ0) is 19.0. The third-order valence-electron chi connectivity index (χ3n) is 5.97. The number of ether oxygens (including phenoxy) is 3. The van der Waals surface area contributed by atoms with Crippen LogP contribution in [-0.4, -0.2) is 32.8 Å². The van der Waals surface area contributed by atoms with Crippen molar-refractivity contribution in [2.45, 2.75) is 31.8 Å². The maximum absolute atomic E-state index is 5.72. The summed E-state index contributed by atoms with van der Waals surface area (Å²) in [6, 6.07) is 9.09. The smallest absolute Gasteiger partial charge is 0.165 e. The number of aryl methyl sites for hydroxylation is 1. The molecule has 2 aromatic carbocycles. The summed E-state index contributed by atoms with van der Waals surface area (Å²) in [7, 11) is 5.16. The van der Waals surface area contributed by atoms with Crippen LogP contribution in [-0.2, 0) is 19.4 Å². The summed E-state index contributed by atoms with van der Waals surface area (Å²) < 4.78 is 16.8. The molecule has 0 aliphatic carbocycles. The molecule has 4 nitrogen and oxygen atoms in total.